The lowest BCUT2D eigenvalue weighted by atomic mass is 9.86. The molecular formula is C25H32F3N5O4. The van der Waals surface area contributed by atoms with Crippen LogP contribution in [0.25, 0.3) is 5.69 Å². The van der Waals surface area contributed by atoms with E-state index in [4.69, 9.17) is 4.74 Å². The summed E-state index contributed by atoms with van der Waals surface area (Å²) in [6.07, 6.45) is -4.03. The van der Waals surface area contributed by atoms with Gasteiger partial charge in [0.15, 0.2) is 5.69 Å². The van der Waals surface area contributed by atoms with Gasteiger partial charge in [0, 0.05) is 31.7 Å². The van der Waals surface area contributed by atoms with Gasteiger partial charge >= 0.3 is 12.3 Å². The lowest BCUT2D eigenvalue weighted by molar-refractivity contribution is -0.141. The van der Waals surface area contributed by atoms with Crippen molar-refractivity contribution < 1.29 is 32.3 Å². The first-order chi connectivity index (χ1) is 17.2. The number of carbonyl (C=O) groups is 3. The molecular weight excluding hydrogens is 491 g/mol. The van der Waals surface area contributed by atoms with Crippen molar-refractivity contribution in [3.63, 3.8) is 0 Å². The maximum atomic E-state index is 13.7. The second-order valence-electron chi connectivity index (χ2n) is 9.99. The lowest BCUT2D eigenvalue weighted by Gasteiger charge is -2.38. The minimum absolute atomic E-state index is 0.0394. The molecule has 9 nitrogen and oxygen atoms in total. The normalized spacial score (nSPS) is 18.3. The lowest BCUT2D eigenvalue weighted by Crippen LogP contribution is -2.53. The molecule has 2 unspecified atom stereocenters. The van der Waals surface area contributed by atoms with E-state index in [-0.39, 0.29) is 25.6 Å². The Hall–Kier alpha value is -3.57. The average molecular weight is 524 g/mol. The third kappa shape index (κ3) is 6.80. The molecule has 1 fully saturated rings. The van der Waals surface area contributed by atoms with E-state index in [1.807, 2.05) is 0 Å². The van der Waals surface area contributed by atoms with E-state index in [2.05, 4.69) is 10.5 Å². The molecule has 1 aromatic carbocycles. The SMILES string of the molecule is CCN(NC(=O)c1cn(-c2ccccc2)nc1C(F)(F)F)C(=O)C1CCN(C(=O)OC(C)(C)C)CC1C. The molecule has 12 heteroatoms. The van der Waals surface area contributed by atoms with E-state index in [9.17, 15) is 27.6 Å². The van der Waals surface area contributed by atoms with Gasteiger partial charge in [-0.05, 0) is 52.2 Å². The smallest absolute Gasteiger partial charge is 0.435 e. The standard InChI is InChI=1S/C25H32F3N5O4/c1-6-32(22(35)18-12-13-31(14-16(18)2)23(36)37-24(3,4)5)30-21(34)19-15-33(17-10-8-7-9-11-17)29-20(19)25(26,27)28/h7-11,15-16,18H,6,12-14H2,1-5H3,(H,30,34). The summed E-state index contributed by atoms with van der Waals surface area (Å²) in [6, 6.07) is 8.09. The highest BCUT2D eigenvalue weighted by atomic mass is 19.4. The van der Waals surface area contributed by atoms with Gasteiger partial charge in [0.25, 0.3) is 5.91 Å². The highest BCUT2D eigenvalue weighted by molar-refractivity contribution is 5.96. The maximum Gasteiger partial charge on any atom is 0.435 e. The molecule has 2 aromatic rings. The molecule has 0 aliphatic carbocycles. The molecule has 2 heterocycles. The zero-order chi connectivity index (χ0) is 27.5. The molecule has 0 radical (unpaired) electrons. The Balaban J connectivity index is 1.74. The zero-order valence-electron chi connectivity index (χ0n) is 21.5. The molecule has 1 saturated heterocycles. The highest BCUT2D eigenvalue weighted by Gasteiger charge is 2.41. The molecule has 202 valence electrons. The van der Waals surface area contributed by atoms with Gasteiger partial charge in [0.2, 0.25) is 5.91 Å². The number of benzene rings is 1. The third-order valence-electron chi connectivity index (χ3n) is 5.94. The number of ether oxygens (including phenoxy) is 1. The van der Waals surface area contributed by atoms with Crippen LogP contribution in [0.3, 0.4) is 0 Å². The summed E-state index contributed by atoms with van der Waals surface area (Å²) in [5, 5.41) is 4.60. The molecule has 0 saturated carbocycles. The molecule has 3 amide bonds. The fourth-order valence-corrected chi connectivity index (χ4v) is 4.14. The van der Waals surface area contributed by atoms with E-state index < -0.39 is 46.9 Å². The van der Waals surface area contributed by atoms with Crippen molar-refractivity contribution in [3.8, 4) is 5.69 Å². The molecule has 1 aromatic heterocycles. The third-order valence-corrected chi connectivity index (χ3v) is 5.94. The van der Waals surface area contributed by atoms with Crippen LogP contribution in [0.5, 0.6) is 0 Å². The van der Waals surface area contributed by atoms with Crippen molar-refractivity contribution in [2.75, 3.05) is 19.6 Å². The average Bonchev–Trinajstić information content (AvgIpc) is 3.28. The quantitative estimate of drug-likeness (QED) is 0.604. The summed E-state index contributed by atoms with van der Waals surface area (Å²) in [4.78, 5) is 40.1. The van der Waals surface area contributed by atoms with Crippen LogP contribution < -0.4 is 5.43 Å². The van der Waals surface area contributed by atoms with E-state index in [1.165, 1.54) is 4.90 Å². The number of aromatic nitrogens is 2. The molecule has 1 N–H and O–H groups in total. The summed E-state index contributed by atoms with van der Waals surface area (Å²) in [5.41, 5.74) is -0.0248. The van der Waals surface area contributed by atoms with E-state index in [0.29, 0.717) is 12.1 Å². The number of likely N-dealkylation sites (tertiary alicyclic amines) is 1. The zero-order valence-corrected chi connectivity index (χ0v) is 21.5. The van der Waals surface area contributed by atoms with E-state index >= 15 is 0 Å². The second kappa shape index (κ2) is 10.8. The van der Waals surface area contributed by atoms with Crippen LogP contribution in [-0.2, 0) is 15.7 Å². The Morgan fingerprint density at radius 3 is 2.35 bits per heavy atom. The number of amides is 3. The van der Waals surface area contributed by atoms with Crippen LogP contribution >= 0.6 is 0 Å². The molecule has 3 rings (SSSR count). The monoisotopic (exact) mass is 523 g/mol. The Morgan fingerprint density at radius 2 is 1.81 bits per heavy atom. The molecule has 0 bridgehead atoms. The topological polar surface area (TPSA) is 96.8 Å². The first-order valence-corrected chi connectivity index (χ1v) is 12.0. The van der Waals surface area contributed by atoms with Crippen molar-refractivity contribution in [1.82, 2.24) is 25.1 Å². The minimum Gasteiger partial charge on any atom is -0.444 e. The highest BCUT2D eigenvalue weighted by Crippen LogP contribution is 2.32. The van der Waals surface area contributed by atoms with Gasteiger partial charge in [0.05, 0.1) is 11.3 Å². The summed E-state index contributed by atoms with van der Waals surface area (Å²) in [7, 11) is 0. The van der Waals surface area contributed by atoms with Gasteiger partial charge in [-0.1, -0.05) is 25.1 Å². The predicted molar refractivity (Wildman–Crippen MR) is 128 cm³/mol. The van der Waals surface area contributed by atoms with Crippen LogP contribution in [0.1, 0.15) is 57.1 Å². The number of hydrazine groups is 1. The number of hydrogen-bond acceptors (Lipinski definition) is 5. The molecule has 2 atom stereocenters. The van der Waals surface area contributed by atoms with Crippen molar-refractivity contribution in [2.24, 2.45) is 11.8 Å². The Bertz CT molecular complexity index is 1130. The van der Waals surface area contributed by atoms with Gasteiger partial charge in [-0.2, -0.15) is 18.3 Å². The van der Waals surface area contributed by atoms with Crippen LogP contribution in [0.4, 0.5) is 18.0 Å². The first kappa shape index (κ1) is 28.0. The Labute approximate surface area is 213 Å². The summed E-state index contributed by atoms with van der Waals surface area (Å²) >= 11 is 0. The fraction of sp³-hybridized carbons (Fsp3) is 0.520. The number of rotatable bonds is 4. The number of alkyl halides is 3. The van der Waals surface area contributed by atoms with Gasteiger partial charge < -0.3 is 9.64 Å². The largest absolute Gasteiger partial charge is 0.444 e. The van der Waals surface area contributed by atoms with Gasteiger partial charge in [-0.3, -0.25) is 20.0 Å². The van der Waals surface area contributed by atoms with Crippen molar-refractivity contribution in [2.45, 2.75) is 52.8 Å². The molecule has 1 aliphatic heterocycles. The Kier molecular flexibility index (Phi) is 8.19. The first-order valence-electron chi connectivity index (χ1n) is 12.0. The molecule has 1 aliphatic rings. The molecule has 37 heavy (non-hydrogen) atoms. The summed E-state index contributed by atoms with van der Waals surface area (Å²) in [6.45, 7) is 9.30. The number of hydrogen-bond donors (Lipinski definition) is 1. The summed E-state index contributed by atoms with van der Waals surface area (Å²) in [5.74, 6) is -2.32. The predicted octanol–water partition coefficient (Wildman–Crippen LogP) is 4.28. The van der Waals surface area contributed by atoms with Crippen LogP contribution in [0.2, 0.25) is 0 Å². The maximum absolute atomic E-state index is 13.7. The van der Waals surface area contributed by atoms with Crippen molar-refractivity contribution >= 4 is 17.9 Å². The van der Waals surface area contributed by atoms with Crippen molar-refractivity contribution in [1.29, 1.82) is 0 Å². The Morgan fingerprint density at radius 1 is 1.16 bits per heavy atom. The number of nitrogens with one attached hydrogen (secondary N) is 1. The van der Waals surface area contributed by atoms with Crippen molar-refractivity contribution in [3.05, 3.63) is 47.8 Å². The number of para-hydroxylation sites is 1. The number of piperidine rings is 1. The molecule has 0 spiro atoms. The van der Waals surface area contributed by atoms with Gasteiger partial charge in [-0.25, -0.2) is 9.48 Å². The van der Waals surface area contributed by atoms with Crippen LogP contribution in [0, 0.1) is 11.8 Å². The number of carbonyl (C=O) groups excluding carboxylic acids is 3. The van der Waals surface area contributed by atoms with E-state index in [1.54, 1.807) is 65.0 Å². The van der Waals surface area contributed by atoms with E-state index in [0.717, 1.165) is 15.9 Å². The minimum atomic E-state index is -4.88. The van der Waals surface area contributed by atoms with Crippen LogP contribution in [0.15, 0.2) is 36.5 Å². The number of halogens is 3. The number of nitrogens with zero attached hydrogens (tertiary/aromatic N) is 4. The van der Waals surface area contributed by atoms with Gasteiger partial charge in [-0.15, -0.1) is 0 Å². The fourth-order valence-electron chi connectivity index (χ4n) is 4.14. The van der Waals surface area contributed by atoms with Crippen LogP contribution in [-0.4, -0.2) is 62.8 Å². The second-order valence-corrected chi connectivity index (χ2v) is 9.99. The summed E-state index contributed by atoms with van der Waals surface area (Å²) < 4.78 is 47.4. The van der Waals surface area contributed by atoms with Gasteiger partial charge in [0.1, 0.15) is 5.60 Å².